The lowest BCUT2D eigenvalue weighted by Crippen LogP contribution is -2.36. The number of carbonyl (C=O) groups excluding carboxylic acids is 2. The van der Waals surface area contributed by atoms with Crippen LogP contribution in [0.3, 0.4) is 0 Å². The molecule has 3 amide bonds. The monoisotopic (exact) mass is 514 g/mol. The zero-order chi connectivity index (χ0) is 26.6. The molecular formula is C24H25F3N8O2. The van der Waals surface area contributed by atoms with Crippen molar-refractivity contribution in [2.75, 3.05) is 11.9 Å². The minimum Gasteiger partial charge on any atom is -0.404 e. The predicted molar refractivity (Wildman–Crippen MR) is 133 cm³/mol. The average molecular weight is 515 g/mol. The zero-order valence-corrected chi connectivity index (χ0v) is 19.8. The number of hydrogen-bond acceptors (Lipinski definition) is 6. The molecule has 2 aromatic heterocycles. The van der Waals surface area contributed by atoms with Crippen LogP contribution in [0.4, 0.5) is 23.7 Å². The summed E-state index contributed by atoms with van der Waals surface area (Å²) in [5.74, 6) is -0.142. The summed E-state index contributed by atoms with van der Waals surface area (Å²) >= 11 is 0. The Kier molecular flexibility index (Phi) is 7.41. The number of allylic oxidation sites excluding steroid dienone is 1. The first kappa shape index (κ1) is 25.7. The second-order valence-corrected chi connectivity index (χ2v) is 8.52. The normalized spacial score (nSPS) is 15.1. The molecule has 10 nitrogen and oxygen atoms in total. The van der Waals surface area contributed by atoms with E-state index in [0.29, 0.717) is 33.7 Å². The lowest BCUT2D eigenvalue weighted by atomic mass is 10.1. The molecule has 1 aliphatic rings. The van der Waals surface area contributed by atoms with E-state index in [1.165, 1.54) is 12.4 Å². The number of nitrogens with two attached hydrogens (primary N) is 1. The van der Waals surface area contributed by atoms with Crippen molar-refractivity contribution >= 4 is 35.1 Å². The minimum absolute atomic E-state index is 0.142. The van der Waals surface area contributed by atoms with Crippen LogP contribution in [-0.4, -0.2) is 57.6 Å². The van der Waals surface area contributed by atoms with Gasteiger partial charge in [-0.3, -0.25) is 9.79 Å². The maximum absolute atomic E-state index is 12.3. The number of anilines is 1. The second kappa shape index (κ2) is 10.7. The molecule has 1 fully saturated rings. The van der Waals surface area contributed by atoms with E-state index < -0.39 is 24.8 Å². The first-order valence-electron chi connectivity index (χ1n) is 11.4. The third-order valence-electron chi connectivity index (χ3n) is 5.48. The fourth-order valence-corrected chi connectivity index (χ4v) is 3.37. The third-order valence-corrected chi connectivity index (χ3v) is 5.48. The maximum atomic E-state index is 12.3. The second-order valence-electron chi connectivity index (χ2n) is 8.52. The summed E-state index contributed by atoms with van der Waals surface area (Å²) < 4.78 is 38.5. The molecule has 3 aromatic rings. The summed E-state index contributed by atoms with van der Waals surface area (Å²) in [6.07, 6.45) is 3.52. The quantitative estimate of drug-likeness (QED) is 0.342. The molecule has 13 heteroatoms. The number of nitrogens with zero attached hydrogens (tertiary/aromatic N) is 4. The van der Waals surface area contributed by atoms with Gasteiger partial charge in [0.1, 0.15) is 12.6 Å². The van der Waals surface area contributed by atoms with Gasteiger partial charge in [0.15, 0.2) is 5.65 Å². The molecule has 37 heavy (non-hydrogen) atoms. The van der Waals surface area contributed by atoms with Crippen LogP contribution >= 0.6 is 0 Å². The number of hydrogen-bond donors (Lipinski definition) is 4. The Morgan fingerprint density at radius 3 is 2.76 bits per heavy atom. The molecular weight excluding hydrogens is 489 g/mol. The summed E-state index contributed by atoms with van der Waals surface area (Å²) in [5.41, 5.74) is 9.02. The van der Waals surface area contributed by atoms with Crippen molar-refractivity contribution in [2.45, 2.75) is 38.0 Å². The molecule has 5 N–H and O–H groups in total. The molecule has 1 saturated carbocycles. The van der Waals surface area contributed by atoms with E-state index in [4.69, 9.17) is 5.73 Å². The van der Waals surface area contributed by atoms with Crippen LogP contribution in [0.15, 0.2) is 53.9 Å². The minimum atomic E-state index is -4.51. The molecule has 0 bridgehead atoms. The van der Waals surface area contributed by atoms with Crippen molar-refractivity contribution in [2.24, 2.45) is 10.7 Å². The smallest absolute Gasteiger partial charge is 0.404 e. The highest BCUT2D eigenvalue weighted by molar-refractivity contribution is 6.10. The fraction of sp³-hybridized carbons (Fsp3) is 0.292. The van der Waals surface area contributed by atoms with Crippen LogP contribution in [0.25, 0.3) is 22.5 Å². The number of halogens is 3. The molecule has 4 rings (SSSR count). The molecule has 0 radical (unpaired) electrons. The number of alkyl halides is 3. The summed E-state index contributed by atoms with van der Waals surface area (Å²) in [6, 6.07) is 7.01. The van der Waals surface area contributed by atoms with Crippen molar-refractivity contribution in [1.29, 1.82) is 0 Å². The molecule has 1 aromatic carbocycles. The van der Waals surface area contributed by atoms with E-state index >= 15 is 0 Å². The number of fused-ring (bicyclic) bond motifs is 1. The van der Waals surface area contributed by atoms with Gasteiger partial charge in [-0.05, 0) is 38.0 Å². The number of aliphatic imine (C=N–C) groups is 1. The van der Waals surface area contributed by atoms with Gasteiger partial charge >= 0.3 is 12.2 Å². The molecule has 1 aliphatic carbocycles. The molecule has 1 atom stereocenters. The Morgan fingerprint density at radius 1 is 1.27 bits per heavy atom. The lowest BCUT2D eigenvalue weighted by molar-refractivity contribution is -0.123. The number of benzene rings is 1. The summed E-state index contributed by atoms with van der Waals surface area (Å²) in [7, 11) is 0. The van der Waals surface area contributed by atoms with E-state index in [-0.39, 0.29) is 11.9 Å². The molecule has 0 spiro atoms. The van der Waals surface area contributed by atoms with Gasteiger partial charge in [-0.25, -0.2) is 14.3 Å². The van der Waals surface area contributed by atoms with E-state index in [1.54, 1.807) is 59.5 Å². The van der Waals surface area contributed by atoms with Gasteiger partial charge < -0.3 is 21.7 Å². The highest BCUT2D eigenvalue weighted by Gasteiger charge is 2.28. The van der Waals surface area contributed by atoms with Crippen molar-refractivity contribution < 1.29 is 22.8 Å². The zero-order valence-electron chi connectivity index (χ0n) is 19.8. The third kappa shape index (κ3) is 6.84. The lowest BCUT2D eigenvalue weighted by Gasteiger charge is -2.10. The van der Waals surface area contributed by atoms with Gasteiger partial charge in [-0.2, -0.15) is 18.3 Å². The SMILES string of the molecule is CC(N=CC(=CN)c1cnn2c(-c3cccc(NC(=O)NCC(F)(F)F)c3)cnc2c1)C(=O)NC1CC1. The first-order chi connectivity index (χ1) is 17.6. The van der Waals surface area contributed by atoms with Crippen molar-refractivity contribution in [3.05, 3.63) is 54.5 Å². The predicted octanol–water partition coefficient (Wildman–Crippen LogP) is 3.12. The Bertz CT molecular complexity index is 1360. The highest BCUT2D eigenvalue weighted by Crippen LogP contribution is 2.24. The van der Waals surface area contributed by atoms with Gasteiger partial charge in [0, 0.05) is 40.8 Å². The van der Waals surface area contributed by atoms with Gasteiger partial charge in [0.25, 0.3) is 0 Å². The van der Waals surface area contributed by atoms with Crippen molar-refractivity contribution in [3.8, 4) is 11.3 Å². The van der Waals surface area contributed by atoms with Crippen LogP contribution in [-0.2, 0) is 4.79 Å². The van der Waals surface area contributed by atoms with Gasteiger partial charge in [-0.15, -0.1) is 0 Å². The van der Waals surface area contributed by atoms with E-state index in [0.717, 1.165) is 12.8 Å². The molecule has 0 saturated heterocycles. The summed E-state index contributed by atoms with van der Waals surface area (Å²) in [4.78, 5) is 32.6. The van der Waals surface area contributed by atoms with E-state index in [9.17, 15) is 22.8 Å². The van der Waals surface area contributed by atoms with Crippen molar-refractivity contribution in [3.63, 3.8) is 0 Å². The van der Waals surface area contributed by atoms with E-state index in [1.807, 2.05) is 0 Å². The number of nitrogens with one attached hydrogen (secondary N) is 3. The number of aromatic nitrogens is 3. The molecule has 0 aliphatic heterocycles. The average Bonchev–Trinajstić information content (AvgIpc) is 3.57. The van der Waals surface area contributed by atoms with Crippen LogP contribution in [0.1, 0.15) is 25.3 Å². The maximum Gasteiger partial charge on any atom is 0.405 e. The Labute approximate surface area is 209 Å². The Balaban J connectivity index is 1.48. The topological polar surface area (TPSA) is 139 Å². The Morgan fingerprint density at radius 2 is 2.05 bits per heavy atom. The molecule has 194 valence electrons. The highest BCUT2D eigenvalue weighted by atomic mass is 19.4. The number of urea groups is 1. The van der Waals surface area contributed by atoms with Crippen molar-refractivity contribution in [1.82, 2.24) is 25.2 Å². The largest absolute Gasteiger partial charge is 0.405 e. The van der Waals surface area contributed by atoms with Gasteiger partial charge in [-0.1, -0.05) is 12.1 Å². The number of amides is 3. The van der Waals surface area contributed by atoms with Crippen LogP contribution < -0.4 is 21.7 Å². The number of imidazole rings is 1. The van der Waals surface area contributed by atoms with Crippen LogP contribution in [0.5, 0.6) is 0 Å². The first-order valence-corrected chi connectivity index (χ1v) is 11.4. The Hall–Kier alpha value is -4.42. The molecule has 1 unspecified atom stereocenters. The summed E-state index contributed by atoms with van der Waals surface area (Å²) in [6.45, 7) is 0.266. The fourth-order valence-electron chi connectivity index (χ4n) is 3.37. The van der Waals surface area contributed by atoms with E-state index in [2.05, 4.69) is 25.7 Å². The molecule has 2 heterocycles. The van der Waals surface area contributed by atoms with Crippen LogP contribution in [0.2, 0.25) is 0 Å². The summed E-state index contributed by atoms with van der Waals surface area (Å²) in [5, 5.41) is 11.5. The number of carbonyl (C=O) groups is 2. The van der Waals surface area contributed by atoms with Gasteiger partial charge in [0.2, 0.25) is 5.91 Å². The van der Waals surface area contributed by atoms with Crippen LogP contribution in [0, 0.1) is 0 Å². The van der Waals surface area contributed by atoms with Gasteiger partial charge in [0.05, 0.1) is 18.1 Å². The number of rotatable bonds is 8. The standard InChI is InChI=1S/C24H25F3N8O2/c1-14(22(36)33-18-5-6-18)29-10-17(9-28)16-8-21-30-12-20(35(21)32-11-16)15-3-2-4-19(7-15)34-23(37)31-13-24(25,26)27/h2-4,7-12,14,18H,5-6,13,28H2,1H3,(H,33,36)(H2,31,34,37).